The van der Waals surface area contributed by atoms with E-state index in [0.717, 1.165) is 11.1 Å². The molecule has 0 fully saturated rings. The second-order valence-electron chi connectivity index (χ2n) is 6.07. The fourth-order valence-corrected chi connectivity index (χ4v) is 2.26. The molecule has 7 heteroatoms. The number of hydrogen-bond acceptors (Lipinski definition) is 5. The summed E-state index contributed by atoms with van der Waals surface area (Å²) in [6.07, 6.45) is 1.35. The molecule has 0 aromatic heterocycles. The SMILES string of the molecule is COc1ccc(O)c(/C=N/NC(=O)CCC(=O)Nc2ccc(C)c(C)c2)c1. The van der Waals surface area contributed by atoms with Crippen LogP contribution in [-0.4, -0.2) is 30.2 Å². The molecule has 0 saturated heterocycles. The first kappa shape index (κ1) is 20.0. The number of phenolic OH excluding ortho intramolecular Hbond substituents is 1. The smallest absolute Gasteiger partial charge is 0.240 e. The van der Waals surface area contributed by atoms with Gasteiger partial charge >= 0.3 is 0 Å². The van der Waals surface area contributed by atoms with Crippen molar-refractivity contribution in [3.63, 3.8) is 0 Å². The molecule has 0 aliphatic heterocycles. The molecule has 3 N–H and O–H groups in total. The van der Waals surface area contributed by atoms with Crippen LogP contribution in [0.3, 0.4) is 0 Å². The number of amides is 2. The van der Waals surface area contributed by atoms with Crippen LogP contribution >= 0.6 is 0 Å². The van der Waals surface area contributed by atoms with Crippen LogP contribution in [0.1, 0.15) is 29.5 Å². The van der Waals surface area contributed by atoms with E-state index in [0.29, 0.717) is 17.0 Å². The summed E-state index contributed by atoms with van der Waals surface area (Å²) < 4.78 is 5.06. The number of carbonyl (C=O) groups excluding carboxylic acids is 2. The number of rotatable bonds is 7. The van der Waals surface area contributed by atoms with Gasteiger partial charge in [0.2, 0.25) is 11.8 Å². The average Bonchev–Trinajstić information content (AvgIpc) is 2.64. The van der Waals surface area contributed by atoms with Gasteiger partial charge in [-0.05, 0) is 55.3 Å². The molecule has 2 rings (SSSR count). The van der Waals surface area contributed by atoms with E-state index < -0.39 is 5.91 Å². The van der Waals surface area contributed by atoms with Gasteiger partial charge in [-0.15, -0.1) is 0 Å². The van der Waals surface area contributed by atoms with Crippen molar-refractivity contribution in [1.29, 1.82) is 0 Å². The summed E-state index contributed by atoms with van der Waals surface area (Å²) in [5.41, 5.74) is 5.67. The average molecular weight is 369 g/mol. The first-order valence-corrected chi connectivity index (χ1v) is 8.45. The van der Waals surface area contributed by atoms with Crippen molar-refractivity contribution >= 4 is 23.7 Å². The number of phenols is 1. The van der Waals surface area contributed by atoms with Gasteiger partial charge < -0.3 is 15.2 Å². The first-order chi connectivity index (χ1) is 12.9. The standard InChI is InChI=1S/C20H23N3O4/c1-13-4-5-16(10-14(13)2)22-19(25)8-9-20(26)23-21-12-15-11-17(27-3)6-7-18(15)24/h4-7,10-12,24H,8-9H2,1-3H3,(H,22,25)(H,23,26)/b21-12+. The van der Waals surface area contributed by atoms with Crippen LogP contribution in [0.2, 0.25) is 0 Å². The highest BCUT2D eigenvalue weighted by molar-refractivity contribution is 5.93. The van der Waals surface area contributed by atoms with E-state index in [1.54, 1.807) is 12.1 Å². The van der Waals surface area contributed by atoms with Crippen molar-refractivity contribution in [3.05, 3.63) is 53.1 Å². The van der Waals surface area contributed by atoms with E-state index in [1.807, 2.05) is 32.0 Å². The summed E-state index contributed by atoms with van der Waals surface area (Å²) in [5.74, 6) is -0.0724. The number of nitrogens with zero attached hydrogens (tertiary/aromatic N) is 1. The van der Waals surface area contributed by atoms with Crippen LogP contribution in [0.5, 0.6) is 11.5 Å². The Morgan fingerprint density at radius 1 is 1.07 bits per heavy atom. The number of anilines is 1. The zero-order valence-electron chi connectivity index (χ0n) is 15.6. The summed E-state index contributed by atoms with van der Waals surface area (Å²) in [7, 11) is 1.51. The molecular formula is C20H23N3O4. The molecule has 7 nitrogen and oxygen atoms in total. The quantitative estimate of drug-likeness (QED) is 0.516. The van der Waals surface area contributed by atoms with E-state index in [1.165, 1.54) is 19.4 Å². The van der Waals surface area contributed by atoms with Crippen LogP contribution < -0.4 is 15.5 Å². The van der Waals surface area contributed by atoms with Gasteiger partial charge in [0.25, 0.3) is 0 Å². The Bertz CT molecular complexity index is 862. The predicted molar refractivity (Wildman–Crippen MR) is 104 cm³/mol. The number of ether oxygens (including phenoxy) is 1. The van der Waals surface area contributed by atoms with Crippen molar-refractivity contribution in [2.24, 2.45) is 5.10 Å². The molecule has 2 amide bonds. The minimum Gasteiger partial charge on any atom is -0.507 e. The monoisotopic (exact) mass is 369 g/mol. The van der Waals surface area contributed by atoms with Gasteiger partial charge in [-0.25, -0.2) is 5.43 Å². The lowest BCUT2D eigenvalue weighted by Crippen LogP contribution is -2.20. The number of hydrogen-bond donors (Lipinski definition) is 3. The molecule has 0 unspecified atom stereocenters. The molecule has 0 aliphatic rings. The van der Waals surface area contributed by atoms with E-state index in [9.17, 15) is 14.7 Å². The van der Waals surface area contributed by atoms with Gasteiger partial charge in [0.05, 0.1) is 13.3 Å². The largest absolute Gasteiger partial charge is 0.507 e. The van der Waals surface area contributed by atoms with E-state index in [4.69, 9.17) is 4.74 Å². The summed E-state index contributed by atoms with van der Waals surface area (Å²) in [6, 6.07) is 10.3. The second-order valence-corrected chi connectivity index (χ2v) is 6.07. The van der Waals surface area contributed by atoms with Gasteiger partial charge in [-0.1, -0.05) is 6.07 Å². The maximum atomic E-state index is 11.9. The van der Waals surface area contributed by atoms with E-state index in [-0.39, 0.29) is 24.5 Å². The molecule has 0 saturated carbocycles. The number of carbonyl (C=O) groups is 2. The van der Waals surface area contributed by atoms with Crippen molar-refractivity contribution in [2.45, 2.75) is 26.7 Å². The Morgan fingerprint density at radius 3 is 2.52 bits per heavy atom. The molecule has 0 aliphatic carbocycles. The van der Waals surface area contributed by atoms with Crippen LogP contribution in [0.15, 0.2) is 41.5 Å². The Labute approximate surface area is 158 Å². The molecule has 142 valence electrons. The highest BCUT2D eigenvalue weighted by atomic mass is 16.5. The van der Waals surface area contributed by atoms with E-state index >= 15 is 0 Å². The number of hydrazone groups is 1. The predicted octanol–water partition coefficient (Wildman–Crippen LogP) is 2.89. The number of aryl methyl sites for hydroxylation is 2. The molecule has 0 bridgehead atoms. The van der Waals surface area contributed by atoms with Crippen LogP contribution in [-0.2, 0) is 9.59 Å². The summed E-state index contributed by atoms with van der Waals surface area (Å²) in [6.45, 7) is 3.97. The minimum atomic E-state index is -0.399. The third-order valence-electron chi connectivity index (χ3n) is 4.00. The van der Waals surface area contributed by atoms with Crippen molar-refractivity contribution in [2.75, 3.05) is 12.4 Å². The lowest BCUT2D eigenvalue weighted by atomic mass is 10.1. The summed E-state index contributed by atoms with van der Waals surface area (Å²) in [4.78, 5) is 23.8. The molecule has 27 heavy (non-hydrogen) atoms. The topological polar surface area (TPSA) is 100 Å². The lowest BCUT2D eigenvalue weighted by Gasteiger charge is -2.07. The normalized spacial score (nSPS) is 10.6. The van der Waals surface area contributed by atoms with Gasteiger partial charge in [0.1, 0.15) is 11.5 Å². The summed E-state index contributed by atoms with van der Waals surface area (Å²) >= 11 is 0. The second kappa shape index (κ2) is 9.38. The Hall–Kier alpha value is -3.35. The van der Waals surface area contributed by atoms with Gasteiger partial charge in [0, 0.05) is 24.1 Å². The van der Waals surface area contributed by atoms with Crippen LogP contribution in [0.4, 0.5) is 5.69 Å². The maximum absolute atomic E-state index is 11.9. The third kappa shape index (κ3) is 6.14. The first-order valence-electron chi connectivity index (χ1n) is 8.45. The Balaban J connectivity index is 1.80. The van der Waals surface area contributed by atoms with Crippen molar-refractivity contribution < 1.29 is 19.4 Å². The van der Waals surface area contributed by atoms with Crippen molar-refractivity contribution in [1.82, 2.24) is 5.43 Å². The fourth-order valence-electron chi connectivity index (χ4n) is 2.26. The number of methoxy groups -OCH3 is 1. The highest BCUT2D eigenvalue weighted by Gasteiger charge is 2.07. The minimum absolute atomic E-state index is 0.00188. The molecule has 2 aromatic rings. The Kier molecular flexibility index (Phi) is 6.93. The number of aromatic hydroxyl groups is 1. The summed E-state index contributed by atoms with van der Waals surface area (Å²) in [5, 5.41) is 16.3. The zero-order valence-corrected chi connectivity index (χ0v) is 15.6. The maximum Gasteiger partial charge on any atom is 0.240 e. The van der Waals surface area contributed by atoms with Gasteiger partial charge in [-0.3, -0.25) is 9.59 Å². The van der Waals surface area contributed by atoms with Gasteiger partial charge in [-0.2, -0.15) is 5.10 Å². The highest BCUT2D eigenvalue weighted by Crippen LogP contribution is 2.21. The molecule has 0 atom stereocenters. The fraction of sp³-hybridized carbons (Fsp3) is 0.250. The number of nitrogens with one attached hydrogen (secondary N) is 2. The molecule has 2 aromatic carbocycles. The zero-order chi connectivity index (χ0) is 19.8. The van der Waals surface area contributed by atoms with Crippen molar-refractivity contribution in [3.8, 4) is 11.5 Å². The molecule has 0 spiro atoms. The van der Waals surface area contributed by atoms with E-state index in [2.05, 4.69) is 15.8 Å². The van der Waals surface area contributed by atoms with Crippen LogP contribution in [0.25, 0.3) is 0 Å². The Morgan fingerprint density at radius 2 is 1.81 bits per heavy atom. The lowest BCUT2D eigenvalue weighted by molar-refractivity contribution is -0.124. The molecule has 0 radical (unpaired) electrons. The molecular weight excluding hydrogens is 346 g/mol. The number of benzene rings is 2. The van der Waals surface area contributed by atoms with Gasteiger partial charge in [0.15, 0.2) is 0 Å². The third-order valence-corrected chi connectivity index (χ3v) is 4.00. The molecule has 0 heterocycles. The van der Waals surface area contributed by atoms with Crippen LogP contribution in [0, 0.1) is 13.8 Å².